The number of amides is 2. The zero-order chi connectivity index (χ0) is 12.0. The molecule has 0 aromatic carbocycles. The van der Waals surface area contributed by atoms with Crippen LogP contribution >= 0.6 is 11.5 Å². The van der Waals surface area contributed by atoms with Gasteiger partial charge in [0.05, 0.1) is 0 Å². The van der Waals surface area contributed by atoms with Crippen molar-refractivity contribution in [3.8, 4) is 0 Å². The second-order valence-corrected chi connectivity index (χ2v) is 3.12. The third kappa shape index (κ3) is 2.98. The number of hydrogen-bond acceptors (Lipinski definition) is 7. The number of nitrogens with zero attached hydrogens (tertiary/aromatic N) is 3. The fourth-order valence-electron chi connectivity index (χ4n) is 0.742. The Morgan fingerprint density at radius 3 is 3.06 bits per heavy atom. The highest BCUT2D eigenvalue weighted by atomic mass is 32.1. The number of aromatic nitrogens is 2. The first-order valence-corrected chi connectivity index (χ1v) is 4.96. The van der Waals surface area contributed by atoms with Crippen LogP contribution in [-0.4, -0.2) is 34.0 Å². The Morgan fingerprint density at radius 1 is 1.75 bits per heavy atom. The van der Waals surface area contributed by atoms with E-state index in [9.17, 15) is 9.59 Å². The fourth-order valence-corrected chi connectivity index (χ4v) is 1.27. The first-order valence-electron chi connectivity index (χ1n) is 4.19. The lowest BCUT2D eigenvalue weighted by atomic mass is 10.3. The van der Waals surface area contributed by atoms with Crippen LogP contribution in [0.4, 0.5) is 5.13 Å². The van der Waals surface area contributed by atoms with Crippen molar-refractivity contribution in [2.24, 2.45) is 5.16 Å². The van der Waals surface area contributed by atoms with Crippen LogP contribution in [0, 0.1) is 0 Å². The third-order valence-electron chi connectivity index (χ3n) is 1.32. The number of carbonyl (C=O) groups is 2. The molecule has 1 rings (SSSR count). The van der Waals surface area contributed by atoms with E-state index in [1.807, 2.05) is 0 Å². The van der Waals surface area contributed by atoms with Crippen molar-refractivity contribution >= 4 is 34.7 Å². The van der Waals surface area contributed by atoms with Crippen LogP contribution in [0.3, 0.4) is 0 Å². The predicted octanol–water partition coefficient (Wildman–Crippen LogP) is -0.344. The van der Waals surface area contributed by atoms with Crippen molar-refractivity contribution in [3.05, 3.63) is 5.82 Å². The molecule has 8 nitrogen and oxygen atoms in total. The van der Waals surface area contributed by atoms with E-state index >= 15 is 0 Å². The quantitative estimate of drug-likeness (QED) is 0.416. The minimum atomic E-state index is -1.05. The van der Waals surface area contributed by atoms with Crippen LogP contribution in [0.1, 0.15) is 12.7 Å². The molecule has 0 atom stereocenters. The SMILES string of the molecule is CCO/N=C(\C([NH])=O)c1nsc(NC=O)n1. The van der Waals surface area contributed by atoms with Gasteiger partial charge in [0.15, 0.2) is 0 Å². The molecule has 0 aliphatic heterocycles. The third-order valence-corrected chi connectivity index (χ3v) is 1.97. The topological polar surface area (TPSA) is 117 Å². The molecule has 0 saturated heterocycles. The summed E-state index contributed by atoms with van der Waals surface area (Å²) in [6.07, 6.45) is 0.437. The van der Waals surface area contributed by atoms with Crippen LogP contribution < -0.4 is 11.1 Å². The maximum Gasteiger partial charge on any atom is 0.295 e. The molecule has 0 aliphatic rings. The fraction of sp³-hybridized carbons (Fsp3) is 0.286. The summed E-state index contributed by atoms with van der Waals surface area (Å²) >= 11 is 0.878. The molecular formula is C7H8N5O3S. The van der Waals surface area contributed by atoms with Crippen molar-refractivity contribution in [2.45, 2.75) is 6.92 Å². The van der Waals surface area contributed by atoms with E-state index in [-0.39, 0.29) is 23.3 Å². The van der Waals surface area contributed by atoms with Gasteiger partial charge in [0.1, 0.15) is 6.61 Å². The van der Waals surface area contributed by atoms with Crippen LogP contribution in [0.5, 0.6) is 0 Å². The molecule has 85 valence electrons. The van der Waals surface area contributed by atoms with Crippen molar-refractivity contribution in [1.82, 2.24) is 15.1 Å². The van der Waals surface area contributed by atoms with Crippen molar-refractivity contribution in [3.63, 3.8) is 0 Å². The van der Waals surface area contributed by atoms with E-state index in [1.54, 1.807) is 6.92 Å². The van der Waals surface area contributed by atoms with Crippen molar-refractivity contribution < 1.29 is 14.4 Å². The molecular weight excluding hydrogens is 234 g/mol. The molecule has 0 spiro atoms. The monoisotopic (exact) mass is 242 g/mol. The van der Waals surface area contributed by atoms with E-state index < -0.39 is 5.91 Å². The minimum absolute atomic E-state index is 0.0391. The number of hydrogen-bond donors (Lipinski definition) is 1. The van der Waals surface area contributed by atoms with Gasteiger partial charge in [0.2, 0.25) is 23.1 Å². The molecule has 2 N–H and O–H groups in total. The molecule has 16 heavy (non-hydrogen) atoms. The van der Waals surface area contributed by atoms with Gasteiger partial charge < -0.3 is 10.2 Å². The van der Waals surface area contributed by atoms with Gasteiger partial charge >= 0.3 is 0 Å². The highest BCUT2D eigenvalue weighted by Crippen LogP contribution is 2.10. The number of nitrogens with one attached hydrogen (secondary N) is 2. The number of rotatable bonds is 6. The Bertz CT molecular complexity index is 416. The molecule has 0 bridgehead atoms. The van der Waals surface area contributed by atoms with Gasteiger partial charge in [-0.1, -0.05) is 5.16 Å². The first kappa shape index (κ1) is 12.0. The molecule has 0 fully saturated rings. The largest absolute Gasteiger partial charge is 0.395 e. The second-order valence-electron chi connectivity index (χ2n) is 2.37. The second kappa shape index (κ2) is 5.75. The Morgan fingerprint density at radius 2 is 2.50 bits per heavy atom. The predicted molar refractivity (Wildman–Crippen MR) is 55.9 cm³/mol. The minimum Gasteiger partial charge on any atom is -0.395 e. The van der Waals surface area contributed by atoms with Gasteiger partial charge in [-0.25, -0.2) is 0 Å². The summed E-state index contributed by atoms with van der Waals surface area (Å²) in [5.41, 5.74) is 6.65. The zero-order valence-electron chi connectivity index (χ0n) is 8.26. The normalized spacial score (nSPS) is 10.9. The first-order chi connectivity index (χ1) is 7.69. The highest BCUT2D eigenvalue weighted by Gasteiger charge is 2.18. The summed E-state index contributed by atoms with van der Waals surface area (Å²) in [6.45, 7) is 1.95. The molecule has 0 aliphatic carbocycles. The zero-order valence-corrected chi connectivity index (χ0v) is 9.08. The van der Waals surface area contributed by atoms with E-state index in [1.165, 1.54) is 0 Å². The average molecular weight is 242 g/mol. The van der Waals surface area contributed by atoms with E-state index in [0.29, 0.717) is 6.41 Å². The van der Waals surface area contributed by atoms with E-state index in [0.717, 1.165) is 11.5 Å². The Kier molecular flexibility index (Phi) is 4.33. The van der Waals surface area contributed by atoms with Crippen LogP contribution in [0.25, 0.3) is 0 Å². The molecule has 1 radical (unpaired) electrons. The Hall–Kier alpha value is -2.03. The van der Waals surface area contributed by atoms with Crippen LogP contribution in [0.2, 0.25) is 0 Å². The van der Waals surface area contributed by atoms with E-state index in [4.69, 9.17) is 5.73 Å². The molecule has 1 heterocycles. The summed E-state index contributed by atoms with van der Waals surface area (Å²) in [7, 11) is 0. The van der Waals surface area contributed by atoms with Crippen molar-refractivity contribution in [2.75, 3.05) is 11.9 Å². The Balaban J connectivity index is 2.92. The van der Waals surface area contributed by atoms with Crippen LogP contribution in [0.15, 0.2) is 5.16 Å². The molecule has 1 aromatic heterocycles. The molecule has 1 aromatic rings. The maximum absolute atomic E-state index is 10.9. The molecule has 9 heteroatoms. The standard InChI is InChI=1S/C7H8N5O3S/c1-2-15-11-4(5(8)14)6-10-7(9-3-13)16-12-6/h3,8H,2H2,1H3,(H,9,10,12,13)/b11-4+. The Labute approximate surface area is 94.7 Å². The van der Waals surface area contributed by atoms with Crippen LogP contribution in [-0.2, 0) is 14.4 Å². The highest BCUT2D eigenvalue weighted by molar-refractivity contribution is 7.10. The smallest absolute Gasteiger partial charge is 0.295 e. The van der Waals surface area contributed by atoms with Gasteiger partial charge in [0, 0.05) is 11.5 Å². The van der Waals surface area contributed by atoms with Crippen molar-refractivity contribution in [1.29, 1.82) is 0 Å². The number of anilines is 1. The number of oxime groups is 1. The van der Waals surface area contributed by atoms with Gasteiger partial charge in [-0.05, 0) is 6.92 Å². The van der Waals surface area contributed by atoms with Gasteiger partial charge in [-0.15, -0.1) is 0 Å². The van der Waals surface area contributed by atoms with Gasteiger partial charge in [-0.2, -0.15) is 9.36 Å². The summed E-state index contributed by atoms with van der Waals surface area (Å²) in [4.78, 5) is 29.5. The molecule has 2 amide bonds. The average Bonchev–Trinajstić information content (AvgIpc) is 2.67. The summed E-state index contributed by atoms with van der Waals surface area (Å²) in [6, 6.07) is 0. The molecule has 0 unspecified atom stereocenters. The number of carbonyl (C=O) groups excluding carboxylic acids is 2. The van der Waals surface area contributed by atoms with Gasteiger partial charge in [-0.3, -0.25) is 15.3 Å². The van der Waals surface area contributed by atoms with E-state index in [2.05, 4.69) is 24.7 Å². The summed E-state index contributed by atoms with van der Waals surface area (Å²) in [5, 5.41) is 5.92. The summed E-state index contributed by atoms with van der Waals surface area (Å²) in [5.74, 6) is -1.09. The van der Waals surface area contributed by atoms with Gasteiger partial charge in [0.25, 0.3) is 5.91 Å². The lowest BCUT2D eigenvalue weighted by molar-refractivity contribution is -0.112. The summed E-state index contributed by atoms with van der Waals surface area (Å²) < 4.78 is 3.77. The molecule has 0 saturated carbocycles. The lowest BCUT2D eigenvalue weighted by Crippen LogP contribution is -2.18. The lowest BCUT2D eigenvalue weighted by Gasteiger charge is -1.95. The maximum atomic E-state index is 10.9.